The Kier molecular flexibility index (Phi) is 6.38. The van der Waals surface area contributed by atoms with Gasteiger partial charge in [0, 0.05) is 11.3 Å². The third kappa shape index (κ3) is 4.38. The highest BCUT2D eigenvalue weighted by Gasteiger charge is 2.39. The molecule has 0 unspecified atom stereocenters. The number of amides is 3. The van der Waals surface area contributed by atoms with Gasteiger partial charge in [0.2, 0.25) is 0 Å². The molecule has 3 aromatic rings. The van der Waals surface area contributed by atoms with Crippen molar-refractivity contribution in [1.82, 2.24) is 0 Å². The van der Waals surface area contributed by atoms with Crippen LogP contribution in [0.1, 0.15) is 21.5 Å². The number of halogens is 1. The predicted octanol–water partition coefficient (Wildman–Crippen LogP) is 5.00. The smallest absolute Gasteiger partial charge is 0.283 e. The van der Waals surface area contributed by atoms with Gasteiger partial charge in [-0.25, -0.2) is 4.90 Å². The molecule has 7 nitrogen and oxygen atoms in total. The lowest BCUT2D eigenvalue weighted by Gasteiger charge is -2.16. The third-order valence-corrected chi connectivity index (χ3v) is 5.88. The number of nitrogens with one attached hydrogen (secondary N) is 2. The van der Waals surface area contributed by atoms with Crippen molar-refractivity contribution in [3.8, 4) is 5.75 Å². The van der Waals surface area contributed by atoms with Crippen molar-refractivity contribution in [1.29, 1.82) is 0 Å². The normalized spacial score (nSPS) is 13.4. The highest BCUT2D eigenvalue weighted by molar-refractivity contribution is 6.53. The molecule has 0 saturated carbocycles. The molecule has 0 saturated heterocycles. The van der Waals surface area contributed by atoms with Gasteiger partial charge in [-0.1, -0.05) is 35.9 Å². The van der Waals surface area contributed by atoms with E-state index in [0.717, 1.165) is 16.0 Å². The Morgan fingerprint density at radius 1 is 0.912 bits per heavy atom. The Hall–Kier alpha value is -4.10. The maximum Gasteiger partial charge on any atom is 0.283 e. The highest BCUT2D eigenvalue weighted by Crippen LogP contribution is 2.31. The van der Waals surface area contributed by atoms with Crippen LogP contribution in [-0.4, -0.2) is 24.8 Å². The van der Waals surface area contributed by atoms with E-state index in [1.807, 2.05) is 19.9 Å². The van der Waals surface area contributed by atoms with Crippen LogP contribution < -0.4 is 20.3 Å². The zero-order chi connectivity index (χ0) is 24.4. The number of para-hydroxylation sites is 2. The van der Waals surface area contributed by atoms with Gasteiger partial charge in [0.1, 0.15) is 16.5 Å². The molecule has 0 radical (unpaired) electrons. The molecule has 0 aliphatic carbocycles. The Bertz CT molecular complexity index is 1350. The summed E-state index contributed by atoms with van der Waals surface area (Å²) in [6.45, 7) is 3.85. The first kappa shape index (κ1) is 23.1. The molecule has 0 aromatic heterocycles. The topological polar surface area (TPSA) is 87.7 Å². The molecular formula is C26H22ClN3O4. The first-order valence-corrected chi connectivity index (χ1v) is 10.8. The molecule has 4 rings (SSSR count). The van der Waals surface area contributed by atoms with Crippen molar-refractivity contribution in [3.05, 3.63) is 94.1 Å². The lowest BCUT2D eigenvalue weighted by Crippen LogP contribution is -2.32. The molecule has 3 aromatic carbocycles. The average molecular weight is 476 g/mol. The Morgan fingerprint density at radius 2 is 1.68 bits per heavy atom. The van der Waals surface area contributed by atoms with Gasteiger partial charge < -0.3 is 15.4 Å². The molecule has 8 heteroatoms. The summed E-state index contributed by atoms with van der Waals surface area (Å²) in [5.74, 6) is -1.01. The summed E-state index contributed by atoms with van der Waals surface area (Å²) in [7, 11) is 1.52. The van der Waals surface area contributed by atoms with Crippen molar-refractivity contribution in [3.63, 3.8) is 0 Å². The van der Waals surface area contributed by atoms with Crippen molar-refractivity contribution < 1.29 is 19.1 Å². The Balaban J connectivity index is 1.55. The molecule has 172 valence electrons. The van der Waals surface area contributed by atoms with Crippen LogP contribution in [-0.2, 0) is 9.59 Å². The minimum Gasteiger partial charge on any atom is -0.495 e. The van der Waals surface area contributed by atoms with Crippen molar-refractivity contribution in [2.45, 2.75) is 13.8 Å². The van der Waals surface area contributed by atoms with Gasteiger partial charge in [-0.3, -0.25) is 14.4 Å². The zero-order valence-electron chi connectivity index (χ0n) is 18.8. The van der Waals surface area contributed by atoms with E-state index in [1.165, 1.54) is 7.11 Å². The van der Waals surface area contributed by atoms with Crippen molar-refractivity contribution >= 4 is 46.4 Å². The van der Waals surface area contributed by atoms with Gasteiger partial charge in [0.15, 0.2) is 0 Å². The van der Waals surface area contributed by atoms with Gasteiger partial charge in [-0.2, -0.15) is 0 Å². The van der Waals surface area contributed by atoms with Gasteiger partial charge in [-0.05, 0) is 67.4 Å². The van der Waals surface area contributed by atoms with Crippen LogP contribution in [0, 0.1) is 13.8 Å². The van der Waals surface area contributed by atoms with E-state index < -0.39 is 11.8 Å². The van der Waals surface area contributed by atoms with E-state index in [2.05, 4.69) is 10.6 Å². The minimum absolute atomic E-state index is 0.0489. The van der Waals surface area contributed by atoms with Crippen LogP contribution in [0.25, 0.3) is 0 Å². The van der Waals surface area contributed by atoms with Gasteiger partial charge in [0.05, 0.1) is 18.5 Å². The second-order valence-corrected chi connectivity index (χ2v) is 8.14. The summed E-state index contributed by atoms with van der Waals surface area (Å²) in [5.41, 5.74) is 3.69. The van der Waals surface area contributed by atoms with Gasteiger partial charge in [-0.15, -0.1) is 0 Å². The largest absolute Gasteiger partial charge is 0.495 e. The molecule has 1 heterocycles. The molecular weight excluding hydrogens is 454 g/mol. The number of carbonyl (C=O) groups excluding carboxylic acids is 3. The summed E-state index contributed by atoms with van der Waals surface area (Å²) < 4.78 is 5.27. The van der Waals surface area contributed by atoms with Crippen LogP contribution in [0.4, 0.5) is 17.1 Å². The van der Waals surface area contributed by atoms with E-state index in [9.17, 15) is 14.4 Å². The quantitative estimate of drug-likeness (QED) is 0.490. The van der Waals surface area contributed by atoms with Gasteiger partial charge >= 0.3 is 0 Å². The Morgan fingerprint density at radius 3 is 2.41 bits per heavy atom. The summed E-state index contributed by atoms with van der Waals surface area (Å²) in [6, 6.07) is 18.9. The number of imide groups is 1. The fraction of sp³-hybridized carbons (Fsp3) is 0.115. The molecule has 0 fully saturated rings. The summed E-state index contributed by atoms with van der Waals surface area (Å²) in [6.07, 6.45) is 0. The first-order valence-electron chi connectivity index (χ1n) is 10.5. The van der Waals surface area contributed by atoms with Crippen LogP contribution in [0.5, 0.6) is 5.75 Å². The van der Waals surface area contributed by atoms with Crippen LogP contribution in [0.15, 0.2) is 77.5 Å². The predicted molar refractivity (Wildman–Crippen MR) is 132 cm³/mol. The number of hydrogen-bond acceptors (Lipinski definition) is 5. The molecule has 0 spiro atoms. The lowest BCUT2D eigenvalue weighted by atomic mass is 10.1. The van der Waals surface area contributed by atoms with Gasteiger partial charge in [0.25, 0.3) is 17.7 Å². The lowest BCUT2D eigenvalue weighted by molar-refractivity contribution is -0.120. The minimum atomic E-state index is -0.609. The zero-order valence-corrected chi connectivity index (χ0v) is 19.6. The maximum absolute atomic E-state index is 13.1. The third-order valence-electron chi connectivity index (χ3n) is 5.53. The monoisotopic (exact) mass is 475 g/mol. The number of benzene rings is 3. The number of anilines is 3. The van der Waals surface area contributed by atoms with E-state index in [1.54, 1.807) is 60.7 Å². The fourth-order valence-electron chi connectivity index (χ4n) is 3.54. The van der Waals surface area contributed by atoms with Crippen LogP contribution in [0.2, 0.25) is 0 Å². The van der Waals surface area contributed by atoms with Crippen LogP contribution >= 0.6 is 11.6 Å². The maximum atomic E-state index is 13.1. The number of hydrogen-bond donors (Lipinski definition) is 2. The number of ether oxygens (including phenoxy) is 1. The van der Waals surface area contributed by atoms with E-state index >= 15 is 0 Å². The summed E-state index contributed by atoms with van der Waals surface area (Å²) >= 11 is 6.24. The molecule has 0 bridgehead atoms. The van der Waals surface area contributed by atoms with Crippen LogP contribution in [0.3, 0.4) is 0 Å². The molecule has 0 atom stereocenters. The molecule has 3 amide bonds. The fourth-order valence-corrected chi connectivity index (χ4v) is 3.75. The number of carbonyl (C=O) groups is 3. The first-order chi connectivity index (χ1) is 16.3. The van der Waals surface area contributed by atoms with E-state index in [-0.39, 0.29) is 16.6 Å². The number of rotatable bonds is 6. The Labute approximate surface area is 202 Å². The van der Waals surface area contributed by atoms with Crippen molar-refractivity contribution in [2.75, 3.05) is 22.6 Å². The SMILES string of the molecule is COc1ccccc1NC(=O)c1cccc(NC2=C(Cl)C(=O)N(c3ccc(C)c(C)c3)C2=O)c1. The number of methoxy groups -OCH3 is 1. The second-order valence-electron chi connectivity index (χ2n) is 7.76. The van der Waals surface area contributed by atoms with E-state index in [0.29, 0.717) is 28.4 Å². The number of nitrogens with zero attached hydrogens (tertiary/aromatic N) is 1. The molecule has 34 heavy (non-hydrogen) atoms. The molecule has 2 N–H and O–H groups in total. The molecule has 1 aliphatic rings. The summed E-state index contributed by atoms with van der Waals surface area (Å²) in [4.78, 5) is 39.6. The number of aryl methyl sites for hydroxylation is 2. The van der Waals surface area contributed by atoms with E-state index in [4.69, 9.17) is 16.3 Å². The second kappa shape index (κ2) is 9.41. The molecule has 1 aliphatic heterocycles. The van der Waals surface area contributed by atoms with Crippen molar-refractivity contribution in [2.24, 2.45) is 0 Å². The average Bonchev–Trinajstić information content (AvgIpc) is 3.04. The highest BCUT2D eigenvalue weighted by atomic mass is 35.5. The summed E-state index contributed by atoms with van der Waals surface area (Å²) in [5, 5.41) is 5.50. The standard InChI is InChI=1S/C26H22ClN3O4/c1-15-11-12-19(13-16(15)2)30-25(32)22(27)23(26(30)33)28-18-8-6-7-17(14-18)24(31)29-20-9-4-5-10-21(20)34-3/h4-14,28H,1-3H3,(H,29,31).